The lowest BCUT2D eigenvalue weighted by Gasteiger charge is -2.40. The van der Waals surface area contributed by atoms with Gasteiger partial charge in [0, 0.05) is 25.2 Å². The smallest absolute Gasteiger partial charge is 0.311 e. The molecule has 1 fully saturated rings. The number of amides is 1. The fraction of sp³-hybridized carbons (Fsp3) is 0.476. The van der Waals surface area contributed by atoms with Crippen LogP contribution in [0.5, 0.6) is 0 Å². The van der Waals surface area contributed by atoms with Gasteiger partial charge in [0.05, 0.1) is 11.1 Å². The number of piperidine rings is 1. The lowest BCUT2D eigenvalue weighted by atomic mass is 9.75. The van der Waals surface area contributed by atoms with Gasteiger partial charge < -0.3 is 10.0 Å². The molecule has 1 saturated heterocycles. The minimum absolute atomic E-state index is 0.0217. The number of rotatable bonds is 6. The molecule has 1 atom stereocenters. The number of nitrogens with zero attached hydrogens (tertiary/aromatic N) is 2. The van der Waals surface area contributed by atoms with Crippen LogP contribution in [0.25, 0.3) is 0 Å². The first-order valence-electron chi connectivity index (χ1n) is 9.47. The molecule has 0 aliphatic carbocycles. The predicted octanol–water partition coefficient (Wildman–Crippen LogP) is 2.90. The van der Waals surface area contributed by atoms with E-state index >= 15 is 0 Å². The fourth-order valence-corrected chi connectivity index (χ4v) is 4.06. The molecule has 2 heterocycles. The van der Waals surface area contributed by atoms with Crippen LogP contribution in [0.1, 0.15) is 41.8 Å². The number of aliphatic carboxylic acids is 1. The maximum atomic E-state index is 12.8. The highest BCUT2D eigenvalue weighted by molar-refractivity contribution is 5.80. The van der Waals surface area contributed by atoms with Gasteiger partial charge in [-0.25, -0.2) is 0 Å². The number of aryl methyl sites for hydroxylation is 2. The second-order valence-electron chi connectivity index (χ2n) is 7.58. The van der Waals surface area contributed by atoms with E-state index in [9.17, 15) is 14.7 Å². The van der Waals surface area contributed by atoms with Crippen LogP contribution in [0, 0.1) is 19.3 Å². The van der Waals surface area contributed by atoms with Crippen LogP contribution in [0.2, 0.25) is 0 Å². The van der Waals surface area contributed by atoms with Crippen molar-refractivity contribution in [1.29, 1.82) is 0 Å². The number of carboxylic acid groups (broad SMARTS) is 1. The molecular weight excluding hydrogens is 342 g/mol. The second kappa shape index (κ2) is 7.94. The van der Waals surface area contributed by atoms with Crippen LogP contribution in [-0.2, 0) is 22.4 Å². The standard InChI is InChI=1S/C21H27N3O3/c1-15-18(16(2)23-22-15)9-10-19(25)24-12-6-11-21(14-24,20(26)27)13-17-7-4-3-5-8-17/h3-5,7-8H,6,9-14H2,1-2H3,(H,22,23)(H,26,27). The number of carbonyl (C=O) groups excluding carboxylic acids is 1. The minimum atomic E-state index is -0.906. The Morgan fingerprint density at radius 3 is 2.63 bits per heavy atom. The molecule has 1 aliphatic heterocycles. The van der Waals surface area contributed by atoms with E-state index in [1.54, 1.807) is 4.90 Å². The molecule has 0 spiro atoms. The third-order valence-corrected chi connectivity index (χ3v) is 5.64. The topological polar surface area (TPSA) is 86.3 Å². The molecule has 2 aromatic rings. The van der Waals surface area contributed by atoms with E-state index < -0.39 is 11.4 Å². The van der Waals surface area contributed by atoms with Crippen molar-refractivity contribution in [3.63, 3.8) is 0 Å². The minimum Gasteiger partial charge on any atom is -0.481 e. The number of likely N-dealkylation sites (tertiary alicyclic amines) is 1. The molecule has 6 nitrogen and oxygen atoms in total. The van der Waals surface area contributed by atoms with E-state index in [-0.39, 0.29) is 12.5 Å². The van der Waals surface area contributed by atoms with Gasteiger partial charge in [-0.1, -0.05) is 30.3 Å². The van der Waals surface area contributed by atoms with E-state index in [0.29, 0.717) is 38.6 Å². The summed E-state index contributed by atoms with van der Waals surface area (Å²) in [4.78, 5) is 26.7. The number of carbonyl (C=O) groups is 2. The maximum Gasteiger partial charge on any atom is 0.311 e. The maximum absolute atomic E-state index is 12.8. The predicted molar refractivity (Wildman–Crippen MR) is 102 cm³/mol. The summed E-state index contributed by atoms with van der Waals surface area (Å²) in [6.45, 7) is 4.79. The van der Waals surface area contributed by atoms with E-state index in [1.165, 1.54) is 0 Å². The van der Waals surface area contributed by atoms with Crippen molar-refractivity contribution >= 4 is 11.9 Å². The number of aromatic amines is 1. The largest absolute Gasteiger partial charge is 0.481 e. The average Bonchev–Trinajstić information content (AvgIpc) is 2.98. The van der Waals surface area contributed by atoms with Crippen LogP contribution in [0.15, 0.2) is 30.3 Å². The van der Waals surface area contributed by atoms with Crippen molar-refractivity contribution in [3.05, 3.63) is 52.8 Å². The Morgan fingerprint density at radius 1 is 1.26 bits per heavy atom. The molecule has 1 aromatic carbocycles. The van der Waals surface area contributed by atoms with Gasteiger partial charge in [-0.2, -0.15) is 5.10 Å². The molecule has 1 amide bonds. The summed E-state index contributed by atoms with van der Waals surface area (Å²) < 4.78 is 0. The highest BCUT2D eigenvalue weighted by Gasteiger charge is 2.43. The molecule has 1 aliphatic rings. The Labute approximate surface area is 159 Å². The van der Waals surface area contributed by atoms with Gasteiger partial charge in [-0.3, -0.25) is 14.7 Å². The van der Waals surface area contributed by atoms with Gasteiger partial charge >= 0.3 is 5.97 Å². The average molecular weight is 369 g/mol. The van der Waals surface area contributed by atoms with Crippen molar-refractivity contribution < 1.29 is 14.7 Å². The number of aromatic nitrogens is 2. The molecule has 0 saturated carbocycles. The van der Waals surface area contributed by atoms with Crippen molar-refractivity contribution in [2.75, 3.05) is 13.1 Å². The number of hydrogen-bond donors (Lipinski definition) is 2. The zero-order valence-electron chi connectivity index (χ0n) is 16.0. The van der Waals surface area contributed by atoms with E-state index in [1.807, 2.05) is 44.2 Å². The Kier molecular flexibility index (Phi) is 5.63. The summed E-state index contributed by atoms with van der Waals surface area (Å²) in [6, 6.07) is 9.68. The third kappa shape index (κ3) is 4.21. The second-order valence-corrected chi connectivity index (χ2v) is 7.58. The van der Waals surface area contributed by atoms with Gasteiger partial charge in [0.2, 0.25) is 5.91 Å². The number of H-pyrrole nitrogens is 1. The van der Waals surface area contributed by atoms with Crippen LogP contribution in [0.3, 0.4) is 0 Å². The fourth-order valence-electron chi connectivity index (χ4n) is 4.06. The van der Waals surface area contributed by atoms with Crippen LogP contribution >= 0.6 is 0 Å². The Hall–Kier alpha value is -2.63. The Balaban J connectivity index is 1.69. The highest BCUT2D eigenvalue weighted by Crippen LogP contribution is 2.34. The zero-order valence-corrected chi connectivity index (χ0v) is 16.0. The first-order valence-corrected chi connectivity index (χ1v) is 9.47. The molecule has 0 radical (unpaired) electrons. The lowest BCUT2D eigenvalue weighted by Crippen LogP contribution is -2.51. The van der Waals surface area contributed by atoms with Crippen molar-refractivity contribution in [2.24, 2.45) is 5.41 Å². The van der Waals surface area contributed by atoms with Gasteiger partial charge in [0.25, 0.3) is 0 Å². The third-order valence-electron chi connectivity index (χ3n) is 5.64. The number of nitrogens with one attached hydrogen (secondary N) is 1. The number of carboxylic acids is 1. The van der Waals surface area contributed by atoms with Gasteiger partial charge in [-0.15, -0.1) is 0 Å². The monoisotopic (exact) mass is 369 g/mol. The molecule has 2 N–H and O–H groups in total. The summed E-state index contributed by atoms with van der Waals surface area (Å²) in [6.07, 6.45) is 2.77. The van der Waals surface area contributed by atoms with E-state index in [2.05, 4.69) is 10.2 Å². The number of benzene rings is 1. The van der Waals surface area contributed by atoms with Gasteiger partial charge in [0.1, 0.15) is 0 Å². The first-order chi connectivity index (χ1) is 12.9. The Morgan fingerprint density at radius 2 is 2.00 bits per heavy atom. The molecule has 27 heavy (non-hydrogen) atoms. The van der Waals surface area contributed by atoms with Crippen molar-refractivity contribution in [3.8, 4) is 0 Å². The van der Waals surface area contributed by atoms with Crippen molar-refractivity contribution in [1.82, 2.24) is 15.1 Å². The van der Waals surface area contributed by atoms with Gasteiger partial charge in [0.15, 0.2) is 0 Å². The molecule has 0 bridgehead atoms. The summed E-state index contributed by atoms with van der Waals surface area (Å²) >= 11 is 0. The van der Waals surface area contributed by atoms with E-state index in [4.69, 9.17) is 0 Å². The summed E-state index contributed by atoms with van der Waals surface area (Å²) in [5.74, 6) is -0.793. The summed E-state index contributed by atoms with van der Waals surface area (Å²) in [7, 11) is 0. The molecular formula is C21H27N3O3. The first kappa shape index (κ1) is 19.1. The molecule has 6 heteroatoms. The molecule has 1 aromatic heterocycles. The van der Waals surface area contributed by atoms with E-state index in [0.717, 1.165) is 22.5 Å². The van der Waals surface area contributed by atoms with Crippen LogP contribution in [-0.4, -0.2) is 45.2 Å². The zero-order chi connectivity index (χ0) is 19.4. The van der Waals surface area contributed by atoms with Crippen LogP contribution < -0.4 is 0 Å². The lowest BCUT2D eigenvalue weighted by molar-refractivity contribution is -0.155. The Bertz CT molecular complexity index is 796. The number of hydrogen-bond acceptors (Lipinski definition) is 3. The summed E-state index contributed by atoms with van der Waals surface area (Å²) in [5, 5.41) is 17.1. The van der Waals surface area contributed by atoms with Crippen molar-refractivity contribution in [2.45, 2.75) is 46.0 Å². The van der Waals surface area contributed by atoms with Gasteiger partial charge in [-0.05, 0) is 50.7 Å². The molecule has 1 unspecified atom stereocenters. The SMILES string of the molecule is Cc1n[nH]c(C)c1CCC(=O)N1CCCC(Cc2ccccc2)(C(=O)O)C1. The van der Waals surface area contributed by atoms with Crippen LogP contribution in [0.4, 0.5) is 0 Å². The normalized spacial score (nSPS) is 19.9. The molecule has 144 valence electrons. The summed E-state index contributed by atoms with van der Waals surface area (Å²) in [5.41, 5.74) is 3.08. The molecule has 3 rings (SSSR count). The highest BCUT2D eigenvalue weighted by atomic mass is 16.4. The quantitative estimate of drug-likeness (QED) is 0.820.